The summed E-state index contributed by atoms with van der Waals surface area (Å²) in [7, 11) is 0. The first kappa shape index (κ1) is 12.4. The number of likely N-dealkylation sites (tertiary alicyclic amines) is 1. The predicted molar refractivity (Wildman–Crippen MR) is 68.5 cm³/mol. The lowest BCUT2D eigenvalue weighted by atomic mass is 10.1. The molecule has 1 aromatic rings. The Morgan fingerprint density at radius 2 is 2.00 bits per heavy atom. The molecule has 94 valence electrons. The quantitative estimate of drug-likeness (QED) is 0.863. The fraction of sp³-hybridized carbons (Fsp3) is 0.571. The van der Waals surface area contributed by atoms with E-state index in [1.807, 2.05) is 0 Å². The van der Waals surface area contributed by atoms with Gasteiger partial charge in [0, 0.05) is 19.6 Å². The van der Waals surface area contributed by atoms with E-state index < -0.39 is 0 Å². The molecule has 1 aliphatic heterocycles. The molecule has 1 saturated heterocycles. The van der Waals surface area contributed by atoms with Crippen molar-refractivity contribution in [3.05, 3.63) is 29.3 Å². The molecule has 1 heterocycles. The van der Waals surface area contributed by atoms with Gasteiger partial charge in [-0.25, -0.2) is 0 Å². The maximum atomic E-state index is 9.41. The van der Waals surface area contributed by atoms with Crippen molar-refractivity contribution in [2.24, 2.45) is 0 Å². The van der Waals surface area contributed by atoms with Crippen LogP contribution in [0.4, 0.5) is 0 Å². The van der Waals surface area contributed by atoms with Crippen molar-refractivity contribution in [2.45, 2.75) is 26.4 Å². The summed E-state index contributed by atoms with van der Waals surface area (Å²) in [5, 5.41) is 9.41. The third-order valence-corrected chi connectivity index (χ3v) is 3.12. The third-order valence-electron chi connectivity index (χ3n) is 3.12. The molecule has 0 radical (unpaired) electrons. The minimum atomic E-state index is -0.142. The molecule has 1 aromatic carbocycles. The van der Waals surface area contributed by atoms with Gasteiger partial charge in [0.25, 0.3) is 0 Å². The molecule has 2 rings (SSSR count). The van der Waals surface area contributed by atoms with Crippen molar-refractivity contribution < 1.29 is 9.84 Å². The number of aliphatic hydroxyl groups excluding tert-OH is 1. The van der Waals surface area contributed by atoms with E-state index in [4.69, 9.17) is 4.74 Å². The SMILES string of the molecule is Cc1cc(C)cc(OCCN2CC[C@@H](O)C2)c1. The van der Waals surface area contributed by atoms with Gasteiger partial charge < -0.3 is 9.84 Å². The van der Waals surface area contributed by atoms with E-state index in [0.29, 0.717) is 6.61 Å². The van der Waals surface area contributed by atoms with Crippen molar-refractivity contribution in [1.82, 2.24) is 4.90 Å². The molecule has 17 heavy (non-hydrogen) atoms. The number of ether oxygens (including phenoxy) is 1. The second-order valence-corrected chi connectivity index (χ2v) is 4.91. The number of aliphatic hydroxyl groups is 1. The van der Waals surface area contributed by atoms with Crippen LogP contribution >= 0.6 is 0 Å². The summed E-state index contributed by atoms with van der Waals surface area (Å²) in [6, 6.07) is 6.27. The Hall–Kier alpha value is -1.06. The van der Waals surface area contributed by atoms with E-state index in [9.17, 15) is 5.11 Å². The number of hydrogen-bond acceptors (Lipinski definition) is 3. The number of β-amino-alcohol motifs (C(OH)–C–C–N with tert-alkyl or cyclic N) is 1. The summed E-state index contributed by atoms with van der Waals surface area (Å²) in [6.45, 7) is 7.51. The smallest absolute Gasteiger partial charge is 0.119 e. The maximum Gasteiger partial charge on any atom is 0.119 e. The second-order valence-electron chi connectivity index (χ2n) is 4.91. The predicted octanol–water partition coefficient (Wildman–Crippen LogP) is 1.75. The van der Waals surface area contributed by atoms with E-state index in [2.05, 4.69) is 36.9 Å². The Bertz CT molecular complexity index is 358. The Morgan fingerprint density at radius 3 is 2.59 bits per heavy atom. The van der Waals surface area contributed by atoms with Crippen LogP contribution in [-0.4, -0.2) is 42.4 Å². The molecule has 0 amide bonds. The van der Waals surface area contributed by atoms with Crippen LogP contribution < -0.4 is 4.74 Å². The van der Waals surface area contributed by atoms with Gasteiger partial charge in [-0.3, -0.25) is 4.90 Å². The van der Waals surface area contributed by atoms with Crippen molar-refractivity contribution in [2.75, 3.05) is 26.2 Å². The van der Waals surface area contributed by atoms with Crippen LogP contribution in [-0.2, 0) is 0 Å². The van der Waals surface area contributed by atoms with Crippen LogP contribution in [0.25, 0.3) is 0 Å². The molecule has 3 nitrogen and oxygen atoms in total. The Kier molecular flexibility index (Phi) is 4.02. The van der Waals surface area contributed by atoms with Crippen LogP contribution in [0, 0.1) is 13.8 Å². The minimum Gasteiger partial charge on any atom is -0.492 e. The van der Waals surface area contributed by atoms with Crippen LogP contribution in [0.15, 0.2) is 18.2 Å². The molecule has 0 aliphatic carbocycles. The summed E-state index contributed by atoms with van der Waals surface area (Å²) in [4.78, 5) is 2.24. The molecule has 0 bridgehead atoms. The Labute approximate surface area is 103 Å². The Balaban J connectivity index is 1.78. The highest BCUT2D eigenvalue weighted by atomic mass is 16.5. The van der Waals surface area contributed by atoms with Crippen molar-refractivity contribution >= 4 is 0 Å². The molecular weight excluding hydrogens is 214 g/mol. The highest BCUT2D eigenvalue weighted by Gasteiger charge is 2.19. The van der Waals surface area contributed by atoms with Gasteiger partial charge in [0.05, 0.1) is 6.10 Å². The van der Waals surface area contributed by atoms with Gasteiger partial charge in [-0.05, 0) is 43.5 Å². The zero-order valence-corrected chi connectivity index (χ0v) is 10.6. The zero-order chi connectivity index (χ0) is 12.3. The number of nitrogens with zero attached hydrogens (tertiary/aromatic N) is 1. The van der Waals surface area contributed by atoms with Crippen molar-refractivity contribution in [3.8, 4) is 5.75 Å². The summed E-state index contributed by atoms with van der Waals surface area (Å²) < 4.78 is 5.74. The van der Waals surface area contributed by atoms with Gasteiger partial charge in [-0.2, -0.15) is 0 Å². The van der Waals surface area contributed by atoms with E-state index >= 15 is 0 Å². The number of aryl methyl sites for hydroxylation is 2. The standard InChI is InChI=1S/C14H21NO2/c1-11-7-12(2)9-14(8-11)17-6-5-15-4-3-13(16)10-15/h7-9,13,16H,3-6,10H2,1-2H3/t13-/m1/s1. The fourth-order valence-electron chi connectivity index (χ4n) is 2.32. The van der Waals surface area contributed by atoms with Crippen molar-refractivity contribution in [3.63, 3.8) is 0 Å². The molecule has 1 atom stereocenters. The average molecular weight is 235 g/mol. The lowest BCUT2D eigenvalue weighted by Gasteiger charge is -2.15. The third kappa shape index (κ3) is 3.72. The molecule has 0 aromatic heterocycles. The average Bonchev–Trinajstić information content (AvgIpc) is 2.63. The lowest BCUT2D eigenvalue weighted by molar-refractivity contribution is 0.167. The molecule has 0 unspecified atom stereocenters. The summed E-state index contributed by atoms with van der Waals surface area (Å²) in [5.41, 5.74) is 2.47. The van der Waals surface area contributed by atoms with Gasteiger partial charge >= 0.3 is 0 Å². The summed E-state index contributed by atoms with van der Waals surface area (Å²) in [6.07, 6.45) is 0.750. The van der Waals surface area contributed by atoms with Crippen LogP contribution in [0.2, 0.25) is 0 Å². The first-order valence-electron chi connectivity index (χ1n) is 6.25. The van der Waals surface area contributed by atoms with Crippen LogP contribution in [0.5, 0.6) is 5.75 Å². The first-order chi connectivity index (χ1) is 8.13. The minimum absolute atomic E-state index is 0.142. The molecule has 0 saturated carbocycles. The highest BCUT2D eigenvalue weighted by molar-refractivity contribution is 5.32. The highest BCUT2D eigenvalue weighted by Crippen LogP contribution is 2.16. The van der Waals surface area contributed by atoms with E-state index in [0.717, 1.165) is 31.8 Å². The van der Waals surface area contributed by atoms with E-state index in [1.54, 1.807) is 0 Å². The number of benzene rings is 1. The second kappa shape index (κ2) is 5.52. The Morgan fingerprint density at radius 1 is 1.29 bits per heavy atom. The van der Waals surface area contributed by atoms with Crippen LogP contribution in [0.1, 0.15) is 17.5 Å². The largest absolute Gasteiger partial charge is 0.492 e. The van der Waals surface area contributed by atoms with Gasteiger partial charge in [0.15, 0.2) is 0 Å². The number of hydrogen-bond donors (Lipinski definition) is 1. The molecule has 0 spiro atoms. The lowest BCUT2D eigenvalue weighted by Crippen LogP contribution is -2.27. The summed E-state index contributed by atoms with van der Waals surface area (Å²) in [5.74, 6) is 0.947. The maximum absolute atomic E-state index is 9.41. The molecule has 1 N–H and O–H groups in total. The molecule has 1 aliphatic rings. The van der Waals surface area contributed by atoms with Gasteiger partial charge in [-0.15, -0.1) is 0 Å². The van der Waals surface area contributed by atoms with Gasteiger partial charge in [0.2, 0.25) is 0 Å². The van der Waals surface area contributed by atoms with Crippen molar-refractivity contribution in [1.29, 1.82) is 0 Å². The van der Waals surface area contributed by atoms with Gasteiger partial charge in [0.1, 0.15) is 12.4 Å². The first-order valence-corrected chi connectivity index (χ1v) is 6.25. The topological polar surface area (TPSA) is 32.7 Å². The van der Waals surface area contributed by atoms with Crippen LogP contribution in [0.3, 0.4) is 0 Å². The summed E-state index contributed by atoms with van der Waals surface area (Å²) >= 11 is 0. The monoisotopic (exact) mass is 235 g/mol. The number of rotatable bonds is 4. The zero-order valence-electron chi connectivity index (χ0n) is 10.6. The molecule has 1 fully saturated rings. The van der Waals surface area contributed by atoms with E-state index in [1.165, 1.54) is 11.1 Å². The fourth-order valence-corrected chi connectivity index (χ4v) is 2.32. The van der Waals surface area contributed by atoms with Gasteiger partial charge in [-0.1, -0.05) is 6.07 Å². The van der Waals surface area contributed by atoms with E-state index in [-0.39, 0.29) is 6.10 Å². The molecule has 3 heteroatoms. The molecular formula is C14H21NO2. The normalized spacial score (nSPS) is 20.8.